The van der Waals surface area contributed by atoms with Gasteiger partial charge in [-0.25, -0.2) is 0 Å². The number of nitrogens with one attached hydrogen (secondary N) is 2. The Balaban J connectivity index is 1.99. The van der Waals surface area contributed by atoms with Crippen molar-refractivity contribution in [2.75, 3.05) is 18.4 Å². The zero-order valence-electron chi connectivity index (χ0n) is 11.8. The second-order valence-electron chi connectivity index (χ2n) is 5.44. The number of amides is 2. The summed E-state index contributed by atoms with van der Waals surface area (Å²) in [4.78, 5) is 24.7. The van der Waals surface area contributed by atoms with E-state index in [2.05, 4.69) is 12.2 Å². The van der Waals surface area contributed by atoms with Crippen LogP contribution in [-0.2, 0) is 4.79 Å². The lowest BCUT2D eigenvalue weighted by Gasteiger charge is -2.29. The van der Waals surface area contributed by atoms with Crippen LogP contribution >= 0.6 is 0 Å². The number of quaternary nitrogens is 1. The average molecular weight is 276 g/mol. The Morgan fingerprint density at radius 2 is 2.10 bits per heavy atom. The van der Waals surface area contributed by atoms with Gasteiger partial charge in [0.25, 0.3) is 11.8 Å². The molecule has 4 N–H and O–H groups in total. The molecule has 108 valence electrons. The third-order valence-electron chi connectivity index (χ3n) is 3.94. The lowest BCUT2D eigenvalue weighted by Crippen LogP contribution is -3.17. The fraction of sp³-hybridized carbons (Fsp3) is 0.467. The number of benzene rings is 1. The molecule has 2 rings (SSSR count). The molecule has 1 fully saturated rings. The van der Waals surface area contributed by atoms with Crippen LogP contribution < -0.4 is 16.0 Å². The highest BCUT2D eigenvalue weighted by Gasteiger charge is 2.24. The number of rotatable bonds is 4. The maximum absolute atomic E-state index is 12.1. The maximum Gasteiger partial charge on any atom is 0.279 e. The van der Waals surface area contributed by atoms with Crippen molar-refractivity contribution in [2.24, 2.45) is 5.73 Å². The molecule has 5 nitrogen and oxygen atoms in total. The van der Waals surface area contributed by atoms with Crippen LogP contribution in [0.5, 0.6) is 0 Å². The number of nitrogens with two attached hydrogens (primary N) is 1. The number of carbonyl (C=O) groups is 2. The van der Waals surface area contributed by atoms with Gasteiger partial charge in [-0.1, -0.05) is 12.1 Å². The second kappa shape index (κ2) is 6.52. The van der Waals surface area contributed by atoms with Crippen LogP contribution in [0.2, 0.25) is 0 Å². The van der Waals surface area contributed by atoms with Crippen molar-refractivity contribution in [3.05, 3.63) is 29.8 Å². The van der Waals surface area contributed by atoms with Gasteiger partial charge in [-0.2, -0.15) is 0 Å². The van der Waals surface area contributed by atoms with E-state index < -0.39 is 5.91 Å². The monoisotopic (exact) mass is 276 g/mol. The summed E-state index contributed by atoms with van der Waals surface area (Å²) in [6, 6.07) is 7.34. The van der Waals surface area contributed by atoms with E-state index in [1.54, 1.807) is 24.3 Å². The lowest BCUT2D eigenvalue weighted by atomic mass is 10.0. The minimum absolute atomic E-state index is 0.0672. The SMILES string of the molecule is C[C@H]1CCCC[NH+]1CC(=O)Nc1ccccc1C(N)=O. The number of primary amides is 1. The highest BCUT2D eigenvalue weighted by molar-refractivity contribution is 6.03. The Labute approximate surface area is 119 Å². The van der Waals surface area contributed by atoms with Crippen LogP contribution in [0.15, 0.2) is 24.3 Å². The van der Waals surface area contributed by atoms with Gasteiger partial charge in [0.05, 0.1) is 23.8 Å². The minimum atomic E-state index is -0.528. The first-order valence-corrected chi connectivity index (χ1v) is 7.11. The van der Waals surface area contributed by atoms with E-state index in [-0.39, 0.29) is 5.91 Å². The molecule has 1 saturated heterocycles. The summed E-state index contributed by atoms with van der Waals surface area (Å²) in [5.74, 6) is -0.595. The zero-order chi connectivity index (χ0) is 14.5. The number of likely N-dealkylation sites (tertiary alicyclic amines) is 1. The molecule has 1 aromatic rings. The summed E-state index contributed by atoms with van der Waals surface area (Å²) in [6.07, 6.45) is 3.59. The maximum atomic E-state index is 12.1. The summed E-state index contributed by atoms with van der Waals surface area (Å²) >= 11 is 0. The van der Waals surface area contributed by atoms with Crippen molar-refractivity contribution < 1.29 is 14.5 Å². The smallest absolute Gasteiger partial charge is 0.279 e. The number of hydrogen-bond acceptors (Lipinski definition) is 2. The summed E-state index contributed by atoms with van der Waals surface area (Å²) in [7, 11) is 0. The molecule has 20 heavy (non-hydrogen) atoms. The van der Waals surface area contributed by atoms with Crippen molar-refractivity contribution in [1.29, 1.82) is 0 Å². The predicted octanol–water partition coefficient (Wildman–Crippen LogP) is 0.181. The Morgan fingerprint density at radius 3 is 2.80 bits per heavy atom. The summed E-state index contributed by atoms with van der Waals surface area (Å²) in [6.45, 7) is 3.65. The molecule has 2 amide bonds. The topological polar surface area (TPSA) is 76.6 Å². The number of hydrogen-bond donors (Lipinski definition) is 3. The van der Waals surface area contributed by atoms with Crippen molar-refractivity contribution in [2.45, 2.75) is 32.2 Å². The highest BCUT2D eigenvalue weighted by atomic mass is 16.2. The normalized spacial score (nSPS) is 22.2. The molecule has 2 atom stereocenters. The van der Waals surface area contributed by atoms with Crippen LogP contribution in [-0.4, -0.2) is 30.9 Å². The minimum Gasteiger partial charge on any atom is -0.366 e. The number of anilines is 1. The summed E-state index contributed by atoms with van der Waals surface area (Å²) < 4.78 is 0. The summed E-state index contributed by atoms with van der Waals surface area (Å²) in [5, 5.41) is 2.80. The standard InChI is InChI=1S/C15H21N3O2/c1-11-6-4-5-9-18(11)10-14(19)17-13-8-3-2-7-12(13)15(16)20/h2-3,7-8,11H,4-6,9-10H2,1H3,(H2,16,20)(H,17,19)/p+1/t11-/m0/s1. The van der Waals surface area contributed by atoms with Crippen molar-refractivity contribution in [3.63, 3.8) is 0 Å². The molecule has 1 aliphatic heterocycles. The van der Waals surface area contributed by atoms with E-state index >= 15 is 0 Å². The molecule has 1 aromatic carbocycles. The van der Waals surface area contributed by atoms with Gasteiger partial charge in [0.2, 0.25) is 0 Å². The number of carbonyl (C=O) groups excluding carboxylic acids is 2. The summed E-state index contributed by atoms with van der Waals surface area (Å²) in [5.41, 5.74) is 6.15. The van der Waals surface area contributed by atoms with Crippen LogP contribution in [0.25, 0.3) is 0 Å². The van der Waals surface area contributed by atoms with Crippen LogP contribution in [0, 0.1) is 0 Å². The van der Waals surface area contributed by atoms with Gasteiger partial charge in [-0.3, -0.25) is 9.59 Å². The molecule has 0 bridgehead atoms. The Kier molecular flexibility index (Phi) is 4.74. The van der Waals surface area contributed by atoms with Gasteiger partial charge in [0.15, 0.2) is 6.54 Å². The Bertz CT molecular complexity index is 502. The first-order valence-electron chi connectivity index (χ1n) is 7.11. The van der Waals surface area contributed by atoms with E-state index in [1.807, 2.05) is 0 Å². The van der Waals surface area contributed by atoms with Crippen LogP contribution in [0.3, 0.4) is 0 Å². The molecular formula is C15H22N3O2+. The highest BCUT2D eigenvalue weighted by Crippen LogP contribution is 2.13. The average Bonchev–Trinajstić information content (AvgIpc) is 2.41. The molecule has 0 saturated carbocycles. The molecule has 0 aliphatic carbocycles. The van der Waals surface area contributed by atoms with Gasteiger partial charge in [-0.15, -0.1) is 0 Å². The number of piperidine rings is 1. The lowest BCUT2D eigenvalue weighted by molar-refractivity contribution is -0.920. The van der Waals surface area contributed by atoms with Crippen molar-refractivity contribution in [3.8, 4) is 0 Å². The largest absolute Gasteiger partial charge is 0.366 e. The zero-order valence-corrected chi connectivity index (χ0v) is 11.8. The fourth-order valence-corrected chi connectivity index (χ4v) is 2.72. The van der Waals surface area contributed by atoms with Crippen molar-refractivity contribution in [1.82, 2.24) is 0 Å². The molecule has 1 aliphatic rings. The molecule has 1 heterocycles. The van der Waals surface area contributed by atoms with Crippen LogP contribution in [0.1, 0.15) is 36.5 Å². The molecule has 0 spiro atoms. The van der Waals surface area contributed by atoms with Gasteiger partial charge in [-0.05, 0) is 38.3 Å². The first kappa shape index (κ1) is 14.5. The predicted molar refractivity (Wildman–Crippen MR) is 77.6 cm³/mol. The fourth-order valence-electron chi connectivity index (χ4n) is 2.72. The van der Waals surface area contributed by atoms with Crippen LogP contribution in [0.4, 0.5) is 5.69 Å². The van der Waals surface area contributed by atoms with Gasteiger partial charge in [0.1, 0.15) is 0 Å². The van der Waals surface area contributed by atoms with E-state index in [0.29, 0.717) is 23.8 Å². The molecule has 1 unspecified atom stereocenters. The van der Waals surface area contributed by atoms with E-state index in [4.69, 9.17) is 5.73 Å². The Morgan fingerprint density at radius 1 is 1.35 bits per heavy atom. The van der Waals surface area contributed by atoms with Crippen molar-refractivity contribution >= 4 is 17.5 Å². The first-order chi connectivity index (χ1) is 9.58. The quantitative estimate of drug-likeness (QED) is 0.734. The van der Waals surface area contributed by atoms with E-state index in [1.165, 1.54) is 24.2 Å². The molecular weight excluding hydrogens is 254 g/mol. The molecule has 0 aromatic heterocycles. The third-order valence-corrected chi connectivity index (χ3v) is 3.94. The van der Waals surface area contributed by atoms with Gasteiger partial charge < -0.3 is 16.0 Å². The van der Waals surface area contributed by atoms with E-state index in [0.717, 1.165) is 6.54 Å². The van der Waals surface area contributed by atoms with E-state index in [9.17, 15) is 9.59 Å². The number of para-hydroxylation sites is 1. The molecule has 0 radical (unpaired) electrons. The van der Waals surface area contributed by atoms with Gasteiger partial charge >= 0.3 is 0 Å². The van der Waals surface area contributed by atoms with Gasteiger partial charge in [0, 0.05) is 0 Å². The second-order valence-corrected chi connectivity index (χ2v) is 5.44. The Hall–Kier alpha value is -1.88. The third kappa shape index (κ3) is 3.57. The molecule has 5 heteroatoms.